The molecule has 0 bridgehead atoms. The minimum Gasteiger partial charge on any atom is -0.326 e. The molecule has 164 valence electrons. The van der Waals surface area contributed by atoms with Gasteiger partial charge in [0.05, 0.1) is 5.39 Å². The van der Waals surface area contributed by atoms with Crippen molar-refractivity contribution in [2.75, 3.05) is 5.32 Å². The van der Waals surface area contributed by atoms with Crippen LogP contribution >= 0.6 is 22.9 Å². The topological polar surface area (TPSA) is 74.8 Å². The average molecular weight is 458 g/mol. The van der Waals surface area contributed by atoms with Crippen LogP contribution in [0.25, 0.3) is 10.2 Å². The average Bonchev–Trinajstić information content (AvgIpc) is 3.06. The number of hydrogen-bond donors (Lipinski definition) is 2. The third-order valence-corrected chi connectivity index (χ3v) is 7.79. The molecular formula is C24H28ClN3O2S. The van der Waals surface area contributed by atoms with Gasteiger partial charge in [-0.2, -0.15) is 0 Å². The quantitative estimate of drug-likeness (QED) is 0.530. The summed E-state index contributed by atoms with van der Waals surface area (Å²) in [5.74, 6) is 1.03. The van der Waals surface area contributed by atoms with E-state index in [9.17, 15) is 9.59 Å². The second kappa shape index (κ2) is 8.40. The molecule has 5 nitrogen and oxygen atoms in total. The molecule has 1 atom stereocenters. The highest BCUT2D eigenvalue weighted by atomic mass is 35.5. The lowest BCUT2D eigenvalue weighted by molar-refractivity contribution is -0.116. The van der Waals surface area contributed by atoms with E-state index < -0.39 is 0 Å². The van der Waals surface area contributed by atoms with E-state index >= 15 is 0 Å². The summed E-state index contributed by atoms with van der Waals surface area (Å²) >= 11 is 7.76. The van der Waals surface area contributed by atoms with E-state index in [0.29, 0.717) is 28.9 Å². The first-order valence-corrected chi connectivity index (χ1v) is 11.9. The number of nitrogens with one attached hydrogen (secondary N) is 2. The summed E-state index contributed by atoms with van der Waals surface area (Å²) in [5, 5.41) is 4.21. The number of aromatic nitrogens is 2. The van der Waals surface area contributed by atoms with Crippen molar-refractivity contribution < 1.29 is 4.79 Å². The van der Waals surface area contributed by atoms with Gasteiger partial charge in [0.1, 0.15) is 10.7 Å². The molecule has 2 heterocycles. The molecule has 7 heteroatoms. The summed E-state index contributed by atoms with van der Waals surface area (Å²) in [6, 6.07) is 5.43. The van der Waals surface area contributed by atoms with E-state index in [2.05, 4.69) is 31.1 Å². The van der Waals surface area contributed by atoms with Crippen LogP contribution in [-0.4, -0.2) is 15.9 Å². The van der Waals surface area contributed by atoms with Crippen LogP contribution in [0.15, 0.2) is 23.0 Å². The van der Waals surface area contributed by atoms with E-state index in [-0.39, 0.29) is 23.3 Å². The first-order valence-electron chi connectivity index (χ1n) is 10.7. The van der Waals surface area contributed by atoms with Crippen molar-refractivity contribution in [3.05, 3.63) is 55.4 Å². The van der Waals surface area contributed by atoms with E-state index in [4.69, 9.17) is 16.6 Å². The Kier molecular flexibility index (Phi) is 5.97. The van der Waals surface area contributed by atoms with E-state index in [1.807, 2.05) is 19.1 Å². The zero-order valence-electron chi connectivity index (χ0n) is 18.4. The summed E-state index contributed by atoms with van der Waals surface area (Å²) in [6.07, 6.45) is 3.66. The number of thiophene rings is 1. The number of hydrogen-bond acceptors (Lipinski definition) is 4. The lowest BCUT2D eigenvalue weighted by Crippen LogP contribution is -2.26. The highest BCUT2D eigenvalue weighted by molar-refractivity contribution is 7.18. The van der Waals surface area contributed by atoms with Crippen molar-refractivity contribution in [2.24, 2.45) is 11.3 Å². The number of carbonyl (C=O) groups excluding carboxylic acids is 1. The summed E-state index contributed by atoms with van der Waals surface area (Å²) < 4.78 is 0. The molecule has 1 aromatic carbocycles. The second-order valence-electron chi connectivity index (χ2n) is 9.51. The molecule has 4 rings (SSSR count). The highest BCUT2D eigenvalue weighted by Gasteiger charge is 2.31. The van der Waals surface area contributed by atoms with Gasteiger partial charge in [-0.15, -0.1) is 11.3 Å². The Balaban J connectivity index is 1.48. The van der Waals surface area contributed by atoms with E-state index in [0.717, 1.165) is 35.0 Å². The van der Waals surface area contributed by atoms with Crippen molar-refractivity contribution in [3.63, 3.8) is 0 Å². The second-order valence-corrected chi connectivity index (χ2v) is 11.0. The number of aromatic amines is 1. The van der Waals surface area contributed by atoms with Crippen LogP contribution in [-0.2, 0) is 24.1 Å². The number of fused-ring (bicyclic) bond motifs is 3. The number of anilines is 1. The monoisotopic (exact) mass is 457 g/mol. The first-order chi connectivity index (χ1) is 14.6. The van der Waals surface area contributed by atoms with E-state index in [1.54, 1.807) is 17.4 Å². The molecule has 0 spiro atoms. The number of rotatable bonds is 4. The lowest BCUT2D eigenvalue weighted by Gasteiger charge is -2.33. The van der Waals surface area contributed by atoms with Crippen LogP contribution in [0.3, 0.4) is 0 Å². The number of carbonyl (C=O) groups is 1. The summed E-state index contributed by atoms with van der Waals surface area (Å²) in [5.41, 5.74) is 2.97. The van der Waals surface area contributed by atoms with Crippen LogP contribution in [0.5, 0.6) is 0 Å². The fourth-order valence-corrected chi connectivity index (χ4v) is 5.71. The molecule has 2 N–H and O–H groups in total. The Hall–Kier alpha value is -2.18. The van der Waals surface area contributed by atoms with Crippen LogP contribution in [0.2, 0.25) is 5.02 Å². The molecule has 1 aliphatic rings. The van der Waals surface area contributed by atoms with Crippen LogP contribution < -0.4 is 10.9 Å². The number of nitrogens with zero attached hydrogens (tertiary/aromatic N) is 1. The molecule has 31 heavy (non-hydrogen) atoms. The zero-order chi connectivity index (χ0) is 22.3. The van der Waals surface area contributed by atoms with Gasteiger partial charge < -0.3 is 10.3 Å². The molecule has 1 aliphatic carbocycles. The Morgan fingerprint density at radius 2 is 2.13 bits per heavy atom. The minimum absolute atomic E-state index is 0.0857. The molecule has 0 saturated heterocycles. The SMILES string of the molecule is Cc1ccc(NC(=O)CCc2nc3sc4c(c3c(=O)[nH]2)CCC(C(C)(C)C)C4)cc1Cl. The minimum atomic E-state index is -0.138. The zero-order valence-corrected chi connectivity index (χ0v) is 20.0. The smallest absolute Gasteiger partial charge is 0.259 e. The number of aryl methyl sites for hydroxylation is 3. The van der Waals surface area contributed by atoms with Crippen molar-refractivity contribution in [1.82, 2.24) is 9.97 Å². The molecular weight excluding hydrogens is 430 g/mol. The number of H-pyrrole nitrogens is 1. The number of halogens is 1. The molecule has 1 amide bonds. The summed E-state index contributed by atoms with van der Waals surface area (Å²) in [7, 11) is 0. The maximum absolute atomic E-state index is 12.8. The van der Waals surface area contributed by atoms with Crippen LogP contribution in [0.4, 0.5) is 5.69 Å². The predicted molar refractivity (Wildman–Crippen MR) is 128 cm³/mol. The molecule has 0 saturated carbocycles. The van der Waals surface area contributed by atoms with Gasteiger partial charge in [-0.25, -0.2) is 4.98 Å². The maximum Gasteiger partial charge on any atom is 0.259 e. The van der Waals surface area contributed by atoms with Crippen LogP contribution in [0, 0.1) is 18.3 Å². The molecule has 2 aromatic heterocycles. The van der Waals surface area contributed by atoms with Gasteiger partial charge in [-0.3, -0.25) is 9.59 Å². The maximum atomic E-state index is 12.8. The van der Waals surface area contributed by atoms with Gasteiger partial charge in [0.2, 0.25) is 5.91 Å². The third kappa shape index (κ3) is 4.70. The lowest BCUT2D eigenvalue weighted by atomic mass is 9.72. The van der Waals surface area contributed by atoms with Gasteiger partial charge >= 0.3 is 0 Å². The Labute approximate surface area is 191 Å². The van der Waals surface area contributed by atoms with Crippen molar-refractivity contribution in [3.8, 4) is 0 Å². The largest absolute Gasteiger partial charge is 0.326 e. The molecule has 1 unspecified atom stereocenters. The Morgan fingerprint density at radius 1 is 1.35 bits per heavy atom. The summed E-state index contributed by atoms with van der Waals surface area (Å²) in [6.45, 7) is 8.77. The number of amides is 1. The molecule has 0 fully saturated rings. The highest BCUT2D eigenvalue weighted by Crippen LogP contribution is 2.42. The van der Waals surface area contributed by atoms with Gasteiger partial charge in [-0.05, 0) is 60.8 Å². The summed E-state index contributed by atoms with van der Waals surface area (Å²) in [4.78, 5) is 34.8. The molecule has 0 radical (unpaired) electrons. The first kappa shape index (κ1) is 22.0. The Morgan fingerprint density at radius 3 is 2.84 bits per heavy atom. The van der Waals surface area contributed by atoms with Crippen LogP contribution in [0.1, 0.15) is 55.4 Å². The van der Waals surface area contributed by atoms with Crippen molar-refractivity contribution >= 4 is 44.7 Å². The molecule has 0 aliphatic heterocycles. The standard InChI is InChI=1S/C24H28ClN3O2S/c1-13-5-7-15(12-17(13)25)26-20(29)10-9-19-27-22(30)21-16-8-6-14(24(2,3)4)11-18(16)31-23(21)28-19/h5,7,12,14H,6,8-11H2,1-4H3,(H,26,29)(H,27,28,30). The van der Waals surface area contributed by atoms with Gasteiger partial charge in [0.15, 0.2) is 0 Å². The normalized spacial score (nSPS) is 16.4. The van der Waals surface area contributed by atoms with Gasteiger partial charge in [0, 0.05) is 28.4 Å². The van der Waals surface area contributed by atoms with E-state index in [1.165, 1.54) is 10.4 Å². The predicted octanol–water partition coefficient (Wildman–Crippen LogP) is 5.67. The number of benzene rings is 1. The van der Waals surface area contributed by atoms with Crippen molar-refractivity contribution in [1.29, 1.82) is 0 Å². The van der Waals surface area contributed by atoms with Gasteiger partial charge in [0.25, 0.3) is 5.56 Å². The Bertz CT molecular complexity index is 1210. The van der Waals surface area contributed by atoms with Gasteiger partial charge in [-0.1, -0.05) is 38.4 Å². The molecule has 3 aromatic rings. The van der Waals surface area contributed by atoms with Crippen molar-refractivity contribution in [2.45, 2.75) is 59.8 Å². The third-order valence-electron chi connectivity index (χ3n) is 6.24. The fraction of sp³-hybridized carbons (Fsp3) is 0.458. The fourth-order valence-electron chi connectivity index (χ4n) is 4.21.